The number of benzene rings is 2. The summed E-state index contributed by atoms with van der Waals surface area (Å²) in [6, 6.07) is 16.7. The van der Waals surface area contributed by atoms with E-state index in [1.165, 1.54) is 11.1 Å². The summed E-state index contributed by atoms with van der Waals surface area (Å²) in [6.45, 7) is 5.44. The van der Waals surface area contributed by atoms with Gasteiger partial charge in [-0.2, -0.15) is 0 Å². The van der Waals surface area contributed by atoms with E-state index in [-0.39, 0.29) is 12.7 Å². The molecule has 24 heavy (non-hydrogen) atoms. The Kier molecular flexibility index (Phi) is 7.80. The van der Waals surface area contributed by atoms with Crippen molar-refractivity contribution in [2.45, 2.75) is 39.2 Å². The fourth-order valence-corrected chi connectivity index (χ4v) is 2.62. The lowest BCUT2D eigenvalue weighted by molar-refractivity contribution is 0.0207. The van der Waals surface area contributed by atoms with Crippen molar-refractivity contribution < 1.29 is 14.6 Å². The predicted octanol–water partition coefficient (Wildman–Crippen LogP) is 3.81. The van der Waals surface area contributed by atoms with Gasteiger partial charge in [-0.15, -0.1) is 0 Å². The minimum Gasteiger partial charge on any atom is -0.493 e. The molecule has 0 aliphatic heterocycles. The summed E-state index contributed by atoms with van der Waals surface area (Å²) in [5.41, 5.74) is 3.81. The van der Waals surface area contributed by atoms with Gasteiger partial charge in [-0.05, 0) is 42.2 Å². The summed E-state index contributed by atoms with van der Waals surface area (Å²) in [5, 5.41) is 9.28. The van der Waals surface area contributed by atoms with Gasteiger partial charge >= 0.3 is 0 Å². The van der Waals surface area contributed by atoms with E-state index < -0.39 is 0 Å². The van der Waals surface area contributed by atoms with Gasteiger partial charge in [-0.1, -0.05) is 43.3 Å². The van der Waals surface area contributed by atoms with Crippen molar-refractivity contribution in [1.82, 2.24) is 0 Å². The van der Waals surface area contributed by atoms with Crippen molar-refractivity contribution in [2.24, 2.45) is 0 Å². The first kappa shape index (κ1) is 18.5. The topological polar surface area (TPSA) is 38.7 Å². The lowest BCUT2D eigenvalue weighted by Crippen LogP contribution is -2.20. The molecule has 130 valence electrons. The van der Waals surface area contributed by atoms with Gasteiger partial charge in [0.1, 0.15) is 5.75 Å². The number of aryl methyl sites for hydroxylation is 1. The standard InChI is InChI=1S/C21H28O3/c1-3-17-5-7-18(8-6-17)13-14-24-20-11-9-19(10-12-20)15-21(16-22)23-4-2/h5-12,21-22H,3-4,13-16H2,1-2H3. The minimum atomic E-state index is -0.132. The molecule has 2 aromatic carbocycles. The molecule has 0 saturated heterocycles. The summed E-state index contributed by atoms with van der Waals surface area (Å²) in [5.74, 6) is 0.876. The molecular formula is C21H28O3. The number of hydrogen-bond acceptors (Lipinski definition) is 3. The van der Waals surface area contributed by atoms with Crippen molar-refractivity contribution in [3.05, 3.63) is 65.2 Å². The van der Waals surface area contributed by atoms with Crippen LogP contribution in [0.5, 0.6) is 5.75 Å². The van der Waals surface area contributed by atoms with E-state index in [1.54, 1.807) is 0 Å². The molecule has 0 aromatic heterocycles. The van der Waals surface area contributed by atoms with Crippen LogP contribution in [0.4, 0.5) is 0 Å². The average Bonchev–Trinajstić information content (AvgIpc) is 2.63. The average molecular weight is 328 g/mol. The number of aliphatic hydroxyl groups excluding tert-OH is 1. The van der Waals surface area contributed by atoms with E-state index >= 15 is 0 Å². The van der Waals surface area contributed by atoms with Crippen molar-refractivity contribution in [1.29, 1.82) is 0 Å². The largest absolute Gasteiger partial charge is 0.493 e. The SMILES string of the molecule is CCOC(CO)Cc1ccc(OCCc2ccc(CC)cc2)cc1. The van der Waals surface area contributed by atoms with E-state index in [1.807, 2.05) is 31.2 Å². The van der Waals surface area contributed by atoms with Crippen LogP contribution in [0.25, 0.3) is 0 Å². The Balaban J connectivity index is 1.78. The monoisotopic (exact) mass is 328 g/mol. The van der Waals surface area contributed by atoms with Crippen LogP contribution >= 0.6 is 0 Å². The summed E-state index contributed by atoms with van der Waals surface area (Å²) < 4.78 is 11.3. The molecule has 3 heteroatoms. The van der Waals surface area contributed by atoms with Crippen LogP contribution < -0.4 is 4.74 Å². The zero-order valence-electron chi connectivity index (χ0n) is 14.7. The fraction of sp³-hybridized carbons (Fsp3) is 0.429. The molecule has 0 aliphatic rings. The number of rotatable bonds is 10. The highest BCUT2D eigenvalue weighted by molar-refractivity contribution is 5.28. The Morgan fingerprint density at radius 1 is 0.875 bits per heavy atom. The van der Waals surface area contributed by atoms with Crippen LogP contribution in [0.1, 0.15) is 30.5 Å². The fourth-order valence-electron chi connectivity index (χ4n) is 2.62. The third-order valence-corrected chi connectivity index (χ3v) is 4.08. The van der Waals surface area contributed by atoms with Crippen LogP contribution in [0.3, 0.4) is 0 Å². The van der Waals surface area contributed by atoms with Crippen molar-refractivity contribution in [2.75, 3.05) is 19.8 Å². The van der Waals surface area contributed by atoms with E-state index in [2.05, 4.69) is 31.2 Å². The highest BCUT2D eigenvalue weighted by atomic mass is 16.5. The first-order valence-corrected chi connectivity index (χ1v) is 8.77. The third kappa shape index (κ3) is 5.99. The molecule has 1 unspecified atom stereocenters. The number of hydrogen-bond donors (Lipinski definition) is 1. The molecule has 0 heterocycles. The van der Waals surface area contributed by atoms with E-state index in [0.717, 1.165) is 24.2 Å². The summed E-state index contributed by atoms with van der Waals surface area (Å²) in [6.07, 6.45) is 2.56. The van der Waals surface area contributed by atoms with Crippen molar-refractivity contribution >= 4 is 0 Å². The van der Waals surface area contributed by atoms with Crippen molar-refractivity contribution in [3.8, 4) is 5.75 Å². The van der Waals surface area contributed by atoms with Crippen LogP contribution in [0, 0.1) is 0 Å². The first-order valence-electron chi connectivity index (χ1n) is 8.77. The van der Waals surface area contributed by atoms with Gasteiger partial charge in [0.25, 0.3) is 0 Å². The molecule has 0 saturated carbocycles. The maximum Gasteiger partial charge on any atom is 0.119 e. The Hall–Kier alpha value is -1.84. The van der Waals surface area contributed by atoms with Gasteiger partial charge in [-0.3, -0.25) is 0 Å². The molecule has 0 aliphatic carbocycles. The van der Waals surface area contributed by atoms with Crippen LogP contribution in [-0.4, -0.2) is 31.0 Å². The highest BCUT2D eigenvalue weighted by Gasteiger charge is 2.08. The Morgan fingerprint density at radius 2 is 1.50 bits per heavy atom. The Bertz CT molecular complexity index is 575. The number of ether oxygens (including phenoxy) is 2. The minimum absolute atomic E-state index is 0.0446. The smallest absolute Gasteiger partial charge is 0.119 e. The first-order chi connectivity index (χ1) is 11.7. The molecule has 0 spiro atoms. The Morgan fingerprint density at radius 3 is 2.08 bits per heavy atom. The van der Waals surface area contributed by atoms with Crippen LogP contribution in [0.2, 0.25) is 0 Å². The summed E-state index contributed by atoms with van der Waals surface area (Å²) >= 11 is 0. The van der Waals surface area contributed by atoms with Crippen LogP contribution in [-0.2, 0) is 24.0 Å². The highest BCUT2D eigenvalue weighted by Crippen LogP contribution is 2.15. The van der Waals surface area contributed by atoms with Gasteiger partial charge in [0, 0.05) is 19.4 Å². The van der Waals surface area contributed by atoms with E-state index in [9.17, 15) is 5.11 Å². The normalized spacial score (nSPS) is 12.1. The molecule has 2 rings (SSSR count). The molecule has 0 radical (unpaired) electrons. The molecule has 1 atom stereocenters. The lowest BCUT2D eigenvalue weighted by Gasteiger charge is -2.14. The van der Waals surface area contributed by atoms with Gasteiger partial charge in [0.15, 0.2) is 0 Å². The molecule has 3 nitrogen and oxygen atoms in total. The Labute approximate surface area is 145 Å². The number of aliphatic hydroxyl groups is 1. The molecule has 0 fully saturated rings. The van der Waals surface area contributed by atoms with E-state index in [4.69, 9.17) is 9.47 Å². The summed E-state index contributed by atoms with van der Waals surface area (Å²) in [4.78, 5) is 0. The van der Waals surface area contributed by atoms with Crippen molar-refractivity contribution in [3.63, 3.8) is 0 Å². The van der Waals surface area contributed by atoms with Gasteiger partial charge in [0.05, 0.1) is 19.3 Å². The van der Waals surface area contributed by atoms with E-state index in [0.29, 0.717) is 19.6 Å². The third-order valence-electron chi connectivity index (χ3n) is 4.08. The van der Waals surface area contributed by atoms with Gasteiger partial charge < -0.3 is 14.6 Å². The predicted molar refractivity (Wildman–Crippen MR) is 97.7 cm³/mol. The second-order valence-electron chi connectivity index (χ2n) is 5.88. The zero-order chi connectivity index (χ0) is 17.2. The second kappa shape index (κ2) is 10.1. The zero-order valence-corrected chi connectivity index (χ0v) is 14.7. The van der Waals surface area contributed by atoms with Crippen LogP contribution in [0.15, 0.2) is 48.5 Å². The lowest BCUT2D eigenvalue weighted by atomic mass is 10.1. The summed E-state index contributed by atoms with van der Waals surface area (Å²) in [7, 11) is 0. The van der Waals surface area contributed by atoms with Gasteiger partial charge in [-0.25, -0.2) is 0 Å². The molecule has 1 N–H and O–H groups in total. The molecular weight excluding hydrogens is 300 g/mol. The molecule has 2 aromatic rings. The maximum absolute atomic E-state index is 9.28. The maximum atomic E-state index is 9.28. The molecule has 0 bridgehead atoms. The quantitative estimate of drug-likeness (QED) is 0.721. The molecule has 0 amide bonds. The second-order valence-corrected chi connectivity index (χ2v) is 5.88. The van der Waals surface area contributed by atoms with Gasteiger partial charge in [0.2, 0.25) is 0 Å².